The van der Waals surface area contributed by atoms with Gasteiger partial charge in [0.1, 0.15) is 0 Å². The first-order valence-electron chi connectivity index (χ1n) is 5.52. The molecule has 0 spiro atoms. The molecule has 0 saturated carbocycles. The van der Waals surface area contributed by atoms with E-state index in [-0.39, 0.29) is 5.75 Å². The van der Waals surface area contributed by atoms with E-state index >= 15 is 0 Å². The summed E-state index contributed by atoms with van der Waals surface area (Å²) in [4.78, 5) is 11.1. The molecule has 2 rings (SSSR count). The maximum atomic E-state index is 13.5. The summed E-state index contributed by atoms with van der Waals surface area (Å²) in [6.07, 6.45) is 0.923. The highest BCUT2D eigenvalue weighted by Gasteiger charge is 2.23. The number of hydrogen-bond acceptors (Lipinski definition) is 2. The van der Waals surface area contributed by atoms with Crippen LogP contribution in [0.5, 0.6) is 5.75 Å². The number of ether oxygens (including phenoxy) is 1. The molecular formula is C13H13FO3. The van der Waals surface area contributed by atoms with Crippen molar-refractivity contribution < 1.29 is 19.0 Å². The van der Waals surface area contributed by atoms with Gasteiger partial charge >= 0.3 is 5.97 Å². The van der Waals surface area contributed by atoms with Gasteiger partial charge in [-0.1, -0.05) is 19.1 Å². The van der Waals surface area contributed by atoms with E-state index in [2.05, 4.69) is 0 Å². The topological polar surface area (TPSA) is 46.5 Å². The predicted octanol–water partition coefficient (Wildman–Crippen LogP) is 2.86. The third kappa shape index (κ3) is 2.02. The fraction of sp³-hybridized carbons (Fsp3) is 0.308. The van der Waals surface area contributed by atoms with E-state index in [0.717, 1.165) is 0 Å². The first-order valence-corrected chi connectivity index (χ1v) is 5.52. The molecule has 0 aliphatic carbocycles. The van der Waals surface area contributed by atoms with Crippen LogP contribution in [-0.4, -0.2) is 17.7 Å². The fourth-order valence-electron chi connectivity index (χ4n) is 2.09. The number of halogens is 1. The van der Waals surface area contributed by atoms with E-state index < -0.39 is 11.8 Å². The van der Waals surface area contributed by atoms with Crippen LogP contribution in [0, 0.1) is 5.82 Å². The normalized spacial score (nSPS) is 17.1. The van der Waals surface area contributed by atoms with Crippen LogP contribution < -0.4 is 4.74 Å². The van der Waals surface area contributed by atoms with Crippen LogP contribution in [0.1, 0.15) is 25.3 Å². The van der Waals surface area contributed by atoms with Crippen molar-refractivity contribution >= 4 is 11.5 Å². The minimum Gasteiger partial charge on any atom is -0.490 e. The molecule has 90 valence electrons. The smallest absolute Gasteiger partial charge is 0.331 e. The summed E-state index contributed by atoms with van der Waals surface area (Å²) in [6.45, 7) is 2.10. The lowest BCUT2D eigenvalue weighted by molar-refractivity contribution is -0.132. The number of carboxylic acids is 1. The van der Waals surface area contributed by atoms with E-state index in [0.29, 0.717) is 36.2 Å². The van der Waals surface area contributed by atoms with Crippen molar-refractivity contribution in [2.75, 3.05) is 6.61 Å². The van der Waals surface area contributed by atoms with E-state index in [9.17, 15) is 9.18 Å². The molecule has 1 aliphatic rings. The summed E-state index contributed by atoms with van der Waals surface area (Å²) < 4.78 is 18.8. The zero-order valence-electron chi connectivity index (χ0n) is 9.50. The van der Waals surface area contributed by atoms with Crippen LogP contribution >= 0.6 is 0 Å². The van der Waals surface area contributed by atoms with Gasteiger partial charge < -0.3 is 9.84 Å². The van der Waals surface area contributed by atoms with Gasteiger partial charge in [0.05, 0.1) is 6.61 Å². The van der Waals surface area contributed by atoms with Crippen LogP contribution in [0.25, 0.3) is 5.57 Å². The molecule has 0 atom stereocenters. The number of fused-ring (bicyclic) bond motifs is 1. The molecule has 1 N–H and O–H groups in total. The number of aliphatic carboxylic acids is 1. The molecule has 0 aromatic heterocycles. The lowest BCUT2D eigenvalue weighted by atomic mass is 9.93. The average molecular weight is 236 g/mol. The minimum atomic E-state index is -0.945. The number of carboxylic acid groups (broad SMARTS) is 1. The summed E-state index contributed by atoms with van der Waals surface area (Å²) in [5.41, 5.74) is 1.58. The Hall–Kier alpha value is -1.84. The van der Waals surface area contributed by atoms with Crippen LogP contribution in [0.15, 0.2) is 23.8 Å². The Kier molecular flexibility index (Phi) is 3.13. The molecule has 0 bridgehead atoms. The SMILES string of the molecule is CCC(C(=O)O)=C1CCOc2c(F)cccc21. The molecule has 1 aliphatic heterocycles. The molecule has 0 radical (unpaired) electrons. The zero-order chi connectivity index (χ0) is 12.4. The van der Waals surface area contributed by atoms with Crippen molar-refractivity contribution in [1.82, 2.24) is 0 Å². The van der Waals surface area contributed by atoms with Gasteiger partial charge in [-0.05, 0) is 18.1 Å². The molecule has 17 heavy (non-hydrogen) atoms. The van der Waals surface area contributed by atoms with E-state index in [1.165, 1.54) is 6.07 Å². The van der Waals surface area contributed by atoms with Gasteiger partial charge in [-0.25, -0.2) is 9.18 Å². The van der Waals surface area contributed by atoms with Gasteiger partial charge in [0.25, 0.3) is 0 Å². The predicted molar refractivity (Wildman–Crippen MR) is 61.4 cm³/mol. The molecule has 0 fully saturated rings. The van der Waals surface area contributed by atoms with Crippen molar-refractivity contribution in [3.8, 4) is 5.75 Å². The lowest BCUT2D eigenvalue weighted by Gasteiger charge is -2.22. The Bertz CT molecular complexity index is 491. The van der Waals surface area contributed by atoms with Crippen molar-refractivity contribution in [1.29, 1.82) is 0 Å². The number of rotatable bonds is 2. The summed E-state index contributed by atoms with van der Waals surface area (Å²) in [7, 11) is 0. The lowest BCUT2D eigenvalue weighted by Crippen LogP contribution is -2.13. The average Bonchev–Trinajstić information content (AvgIpc) is 2.31. The second-order valence-electron chi connectivity index (χ2n) is 3.83. The maximum Gasteiger partial charge on any atom is 0.331 e. The van der Waals surface area contributed by atoms with Gasteiger partial charge in [0, 0.05) is 17.6 Å². The highest BCUT2D eigenvalue weighted by Crippen LogP contribution is 2.37. The number of hydrogen-bond donors (Lipinski definition) is 1. The van der Waals surface area contributed by atoms with Gasteiger partial charge in [0.15, 0.2) is 11.6 Å². The second-order valence-corrected chi connectivity index (χ2v) is 3.83. The monoisotopic (exact) mass is 236 g/mol. The Morgan fingerprint density at radius 3 is 2.94 bits per heavy atom. The molecule has 3 nitrogen and oxygen atoms in total. The number of para-hydroxylation sites is 1. The van der Waals surface area contributed by atoms with Crippen molar-refractivity contribution in [3.63, 3.8) is 0 Å². The van der Waals surface area contributed by atoms with E-state index in [4.69, 9.17) is 9.84 Å². The Morgan fingerprint density at radius 2 is 2.29 bits per heavy atom. The van der Waals surface area contributed by atoms with Crippen LogP contribution in [-0.2, 0) is 4.79 Å². The molecular weight excluding hydrogens is 223 g/mol. The quantitative estimate of drug-likeness (QED) is 0.803. The second kappa shape index (κ2) is 4.57. The van der Waals surface area contributed by atoms with Crippen LogP contribution in [0.4, 0.5) is 4.39 Å². The maximum absolute atomic E-state index is 13.5. The van der Waals surface area contributed by atoms with Gasteiger partial charge in [-0.2, -0.15) is 0 Å². The Labute approximate surface area is 98.5 Å². The first kappa shape index (κ1) is 11.6. The van der Waals surface area contributed by atoms with Crippen LogP contribution in [0.3, 0.4) is 0 Å². The molecule has 1 heterocycles. The molecule has 0 saturated heterocycles. The molecule has 0 unspecified atom stereocenters. The van der Waals surface area contributed by atoms with Crippen molar-refractivity contribution in [2.24, 2.45) is 0 Å². The largest absolute Gasteiger partial charge is 0.490 e. The van der Waals surface area contributed by atoms with Gasteiger partial charge in [0.2, 0.25) is 0 Å². The Balaban J connectivity index is 2.62. The molecule has 0 amide bonds. The van der Waals surface area contributed by atoms with Crippen molar-refractivity contribution in [2.45, 2.75) is 19.8 Å². The third-order valence-electron chi connectivity index (χ3n) is 2.87. The van der Waals surface area contributed by atoms with Crippen LogP contribution in [0.2, 0.25) is 0 Å². The van der Waals surface area contributed by atoms with Crippen molar-refractivity contribution in [3.05, 3.63) is 35.2 Å². The molecule has 1 aromatic carbocycles. The summed E-state index contributed by atoms with van der Waals surface area (Å²) in [5, 5.41) is 9.13. The highest BCUT2D eigenvalue weighted by atomic mass is 19.1. The third-order valence-corrected chi connectivity index (χ3v) is 2.87. The highest BCUT2D eigenvalue weighted by molar-refractivity contribution is 5.97. The molecule has 1 aromatic rings. The summed E-state index contributed by atoms with van der Waals surface area (Å²) in [5.74, 6) is -1.22. The Morgan fingerprint density at radius 1 is 1.53 bits per heavy atom. The van der Waals surface area contributed by atoms with Gasteiger partial charge in [-0.15, -0.1) is 0 Å². The summed E-state index contributed by atoms with van der Waals surface area (Å²) >= 11 is 0. The summed E-state index contributed by atoms with van der Waals surface area (Å²) in [6, 6.07) is 4.58. The fourth-order valence-corrected chi connectivity index (χ4v) is 2.09. The first-order chi connectivity index (χ1) is 8.15. The number of benzene rings is 1. The molecule has 4 heteroatoms. The number of carbonyl (C=O) groups is 1. The van der Waals surface area contributed by atoms with E-state index in [1.807, 2.05) is 0 Å². The standard InChI is InChI=1S/C13H13FO3/c1-2-8(13(15)16)9-6-7-17-12-10(9)4-3-5-11(12)14/h3-5H,2,6-7H2,1H3,(H,15,16). The minimum absolute atomic E-state index is 0.168. The zero-order valence-corrected chi connectivity index (χ0v) is 9.50. The van der Waals surface area contributed by atoms with E-state index in [1.54, 1.807) is 19.1 Å². The van der Waals surface area contributed by atoms with Gasteiger partial charge in [-0.3, -0.25) is 0 Å².